The van der Waals surface area contributed by atoms with Gasteiger partial charge in [-0.2, -0.15) is 0 Å². The maximum atomic E-state index is 2.42. The van der Waals surface area contributed by atoms with Crippen molar-refractivity contribution in [1.82, 2.24) is 0 Å². The van der Waals surface area contributed by atoms with Crippen LogP contribution in [-0.2, 0) is 0 Å². The van der Waals surface area contributed by atoms with E-state index in [1.165, 1.54) is 50.9 Å². The highest BCUT2D eigenvalue weighted by atomic mass is 14.7. The number of fused-ring (bicyclic) bond motifs is 7. The summed E-state index contributed by atoms with van der Waals surface area (Å²) in [5.74, 6) is 6.39. The predicted molar refractivity (Wildman–Crippen MR) is 92.3 cm³/mol. The van der Waals surface area contributed by atoms with Crippen LogP contribution in [0.15, 0.2) is 47.6 Å². The van der Waals surface area contributed by atoms with Crippen molar-refractivity contribution in [3.8, 4) is 0 Å². The Morgan fingerprint density at radius 3 is 2.59 bits per heavy atom. The van der Waals surface area contributed by atoms with Crippen LogP contribution in [-0.4, -0.2) is 0 Å². The van der Waals surface area contributed by atoms with Gasteiger partial charge >= 0.3 is 0 Å². The Morgan fingerprint density at radius 1 is 0.773 bits per heavy atom. The van der Waals surface area contributed by atoms with Crippen molar-refractivity contribution in [2.45, 2.75) is 51.4 Å². The molecule has 0 saturated heterocycles. The Labute approximate surface area is 135 Å². The van der Waals surface area contributed by atoms with E-state index in [-0.39, 0.29) is 0 Å². The highest BCUT2D eigenvalue weighted by molar-refractivity contribution is 5.34. The SMILES string of the molecule is C1=CCC2C(=C1)C1CC1C1CC21.C1=CCC2CCCCC2=C1. The molecule has 4 fully saturated rings. The molecule has 116 valence electrons. The van der Waals surface area contributed by atoms with Crippen molar-refractivity contribution >= 4 is 0 Å². The number of hydrogen-bond donors (Lipinski definition) is 0. The quantitative estimate of drug-likeness (QED) is 0.526. The van der Waals surface area contributed by atoms with Crippen LogP contribution in [0.25, 0.3) is 0 Å². The Balaban J connectivity index is 0.000000105. The highest BCUT2D eigenvalue weighted by Crippen LogP contribution is 2.70. The lowest BCUT2D eigenvalue weighted by atomic mass is 9.79. The molecule has 22 heavy (non-hydrogen) atoms. The van der Waals surface area contributed by atoms with Gasteiger partial charge < -0.3 is 0 Å². The van der Waals surface area contributed by atoms with E-state index in [1.54, 1.807) is 12.0 Å². The molecule has 0 radical (unpaired) electrons. The van der Waals surface area contributed by atoms with E-state index in [4.69, 9.17) is 0 Å². The fourth-order valence-corrected chi connectivity index (χ4v) is 5.78. The Kier molecular flexibility index (Phi) is 3.20. The zero-order valence-corrected chi connectivity index (χ0v) is 13.6. The molecule has 6 aliphatic carbocycles. The number of rotatable bonds is 0. The largest absolute Gasteiger partial charge is 0.0839 e. The van der Waals surface area contributed by atoms with Gasteiger partial charge in [0.1, 0.15) is 0 Å². The summed E-state index contributed by atoms with van der Waals surface area (Å²) < 4.78 is 0. The lowest BCUT2D eigenvalue weighted by Gasteiger charge is -2.25. The summed E-state index contributed by atoms with van der Waals surface area (Å²) in [4.78, 5) is 0. The van der Waals surface area contributed by atoms with Crippen LogP contribution in [0, 0.1) is 35.5 Å². The van der Waals surface area contributed by atoms with Gasteiger partial charge in [0.25, 0.3) is 0 Å². The molecule has 0 spiro atoms. The summed E-state index contributed by atoms with van der Waals surface area (Å²) in [6, 6.07) is 0. The molecule has 0 heterocycles. The van der Waals surface area contributed by atoms with Gasteiger partial charge in [0.2, 0.25) is 0 Å². The predicted octanol–water partition coefficient (Wildman–Crippen LogP) is 5.84. The molecule has 6 atom stereocenters. The number of hydrogen-bond acceptors (Lipinski definition) is 0. The fourth-order valence-electron chi connectivity index (χ4n) is 5.78. The van der Waals surface area contributed by atoms with Crippen LogP contribution < -0.4 is 0 Å². The molecule has 0 aromatic carbocycles. The summed E-state index contributed by atoms with van der Waals surface area (Å²) in [7, 11) is 0. The molecule has 0 bridgehead atoms. The first-order valence-electron chi connectivity index (χ1n) is 9.64. The average Bonchev–Trinajstić information content (AvgIpc) is 3.48. The van der Waals surface area contributed by atoms with Crippen molar-refractivity contribution in [1.29, 1.82) is 0 Å². The van der Waals surface area contributed by atoms with E-state index in [1.807, 2.05) is 5.57 Å². The molecule has 6 rings (SSSR count). The van der Waals surface area contributed by atoms with Gasteiger partial charge in [0.05, 0.1) is 0 Å². The van der Waals surface area contributed by atoms with Gasteiger partial charge in [0, 0.05) is 0 Å². The van der Waals surface area contributed by atoms with Crippen molar-refractivity contribution in [3.63, 3.8) is 0 Å². The van der Waals surface area contributed by atoms with Gasteiger partial charge in [-0.1, -0.05) is 54.0 Å². The minimum atomic E-state index is 0.929. The molecule has 0 aromatic rings. The van der Waals surface area contributed by atoms with Gasteiger partial charge in [-0.05, 0) is 80.5 Å². The lowest BCUT2D eigenvalue weighted by Crippen LogP contribution is -2.16. The summed E-state index contributed by atoms with van der Waals surface area (Å²) in [6.07, 6.45) is 25.4. The van der Waals surface area contributed by atoms with E-state index >= 15 is 0 Å². The summed E-state index contributed by atoms with van der Waals surface area (Å²) in [5, 5.41) is 0. The van der Waals surface area contributed by atoms with E-state index in [2.05, 4.69) is 36.5 Å². The van der Waals surface area contributed by atoms with Crippen molar-refractivity contribution in [2.75, 3.05) is 0 Å². The van der Waals surface area contributed by atoms with Crippen LogP contribution >= 0.6 is 0 Å². The lowest BCUT2D eigenvalue weighted by molar-refractivity contribution is 0.412. The van der Waals surface area contributed by atoms with E-state index in [0.29, 0.717) is 0 Å². The normalized spacial score (nSPS) is 45.8. The second-order valence-electron chi connectivity index (χ2n) is 8.35. The van der Waals surface area contributed by atoms with Gasteiger partial charge in [-0.15, -0.1) is 0 Å². The van der Waals surface area contributed by atoms with Crippen LogP contribution in [0.4, 0.5) is 0 Å². The molecule has 6 unspecified atom stereocenters. The summed E-state index contributed by atoms with van der Waals surface area (Å²) in [6.45, 7) is 0. The third-order valence-corrected chi connectivity index (χ3v) is 7.13. The molecule has 6 aliphatic rings. The summed E-state index contributed by atoms with van der Waals surface area (Å²) in [5.41, 5.74) is 3.55. The molecule has 0 amide bonds. The third kappa shape index (κ3) is 2.27. The maximum Gasteiger partial charge on any atom is -0.0131 e. The van der Waals surface area contributed by atoms with Crippen molar-refractivity contribution in [2.24, 2.45) is 35.5 Å². The first kappa shape index (κ1) is 13.4. The zero-order chi connectivity index (χ0) is 14.5. The van der Waals surface area contributed by atoms with Crippen molar-refractivity contribution in [3.05, 3.63) is 47.6 Å². The van der Waals surface area contributed by atoms with E-state index in [0.717, 1.165) is 29.6 Å². The third-order valence-electron chi connectivity index (χ3n) is 7.13. The number of allylic oxidation sites excluding steroid dienone is 8. The monoisotopic (exact) mass is 292 g/mol. The zero-order valence-electron chi connectivity index (χ0n) is 13.6. The first-order valence-corrected chi connectivity index (χ1v) is 9.64. The second-order valence-corrected chi connectivity index (χ2v) is 8.35. The molecule has 4 saturated carbocycles. The van der Waals surface area contributed by atoms with Gasteiger partial charge in [-0.25, -0.2) is 0 Å². The maximum absolute atomic E-state index is 2.42. The topological polar surface area (TPSA) is 0 Å². The molecule has 0 aliphatic heterocycles. The minimum absolute atomic E-state index is 0.929. The molecular formula is C22H28. The van der Waals surface area contributed by atoms with Gasteiger partial charge in [0.15, 0.2) is 0 Å². The molecule has 0 N–H and O–H groups in total. The van der Waals surface area contributed by atoms with Crippen LogP contribution in [0.1, 0.15) is 51.4 Å². The molecule has 0 heteroatoms. The van der Waals surface area contributed by atoms with E-state index < -0.39 is 0 Å². The standard InChI is InChI=1S/C12H14.C10H14/c1-2-4-8-7(3-1)9-5-11(9)12-6-10(8)12;1-2-6-10-8-4-3-7-9(10)5-1/h1-3,8-12H,4-6H2;1-2,5,10H,3-4,6-8H2. The molecule has 0 aromatic heterocycles. The second kappa shape index (κ2) is 5.25. The molecular weight excluding hydrogens is 264 g/mol. The van der Waals surface area contributed by atoms with Gasteiger partial charge in [-0.3, -0.25) is 0 Å². The van der Waals surface area contributed by atoms with Crippen LogP contribution in [0.5, 0.6) is 0 Å². The van der Waals surface area contributed by atoms with E-state index in [9.17, 15) is 0 Å². The van der Waals surface area contributed by atoms with Crippen LogP contribution in [0.2, 0.25) is 0 Å². The highest BCUT2D eigenvalue weighted by Gasteiger charge is 2.62. The summed E-state index contributed by atoms with van der Waals surface area (Å²) >= 11 is 0. The average molecular weight is 292 g/mol. The smallest absolute Gasteiger partial charge is 0.0131 e. The van der Waals surface area contributed by atoms with Crippen LogP contribution in [0.3, 0.4) is 0 Å². The Morgan fingerprint density at radius 2 is 1.64 bits per heavy atom. The Hall–Kier alpha value is -1.04. The Bertz CT molecular complexity index is 573. The molecule has 0 nitrogen and oxygen atoms in total. The first-order chi connectivity index (χ1) is 10.9. The van der Waals surface area contributed by atoms with Crippen molar-refractivity contribution < 1.29 is 0 Å². The minimum Gasteiger partial charge on any atom is -0.0839 e. The fraction of sp³-hybridized carbons (Fsp3) is 0.636.